The van der Waals surface area contributed by atoms with E-state index >= 15 is 0 Å². The fraction of sp³-hybridized carbons (Fsp3) is 0.579. The number of halogens is 1. The van der Waals surface area contributed by atoms with Gasteiger partial charge in [0.1, 0.15) is 11.9 Å². The van der Waals surface area contributed by atoms with E-state index in [0.717, 1.165) is 18.4 Å². The molecule has 0 radical (unpaired) electrons. The standard InChI is InChI=1S/C19H27N3O4.ClH/c1-14-2-4-15(5-3-14)25-13-18(23)21-8-10-22(11-9-21)19(24)17-7-6-16(12-20)26-17;/h2-5,16-17H,6-13,20H2,1H3;1H/t16-,17+;/m1./s1. The molecule has 0 unspecified atom stereocenters. The molecule has 3 rings (SSSR count). The fourth-order valence-electron chi connectivity index (χ4n) is 3.31. The molecule has 2 fully saturated rings. The third-order valence-corrected chi connectivity index (χ3v) is 4.97. The molecule has 2 aliphatic rings. The van der Waals surface area contributed by atoms with E-state index in [-0.39, 0.29) is 43.0 Å². The number of hydrogen-bond donors (Lipinski definition) is 1. The van der Waals surface area contributed by atoms with Gasteiger partial charge in [-0.2, -0.15) is 0 Å². The largest absolute Gasteiger partial charge is 0.484 e. The smallest absolute Gasteiger partial charge is 0.260 e. The van der Waals surface area contributed by atoms with Gasteiger partial charge in [0, 0.05) is 32.7 Å². The van der Waals surface area contributed by atoms with Crippen LogP contribution in [0.2, 0.25) is 0 Å². The second-order valence-electron chi connectivity index (χ2n) is 6.87. The quantitative estimate of drug-likeness (QED) is 0.800. The fourth-order valence-corrected chi connectivity index (χ4v) is 3.31. The van der Waals surface area contributed by atoms with E-state index < -0.39 is 0 Å². The Bertz CT molecular complexity index is 632. The van der Waals surface area contributed by atoms with E-state index in [9.17, 15) is 9.59 Å². The van der Waals surface area contributed by atoms with Crippen LogP contribution in [0, 0.1) is 6.92 Å². The van der Waals surface area contributed by atoms with Crippen molar-refractivity contribution in [3.05, 3.63) is 29.8 Å². The molecule has 0 saturated carbocycles. The molecule has 0 aromatic heterocycles. The average molecular weight is 398 g/mol. The minimum atomic E-state index is -0.379. The number of nitrogens with two attached hydrogens (primary N) is 1. The van der Waals surface area contributed by atoms with E-state index in [0.29, 0.717) is 38.5 Å². The highest BCUT2D eigenvalue weighted by Crippen LogP contribution is 2.21. The first kappa shape index (κ1) is 21.5. The molecule has 2 N–H and O–H groups in total. The van der Waals surface area contributed by atoms with Crippen molar-refractivity contribution in [3.63, 3.8) is 0 Å². The minimum absolute atomic E-state index is 0. The Labute approximate surface area is 166 Å². The second kappa shape index (κ2) is 9.92. The number of benzene rings is 1. The summed E-state index contributed by atoms with van der Waals surface area (Å²) >= 11 is 0. The number of carbonyl (C=O) groups excluding carboxylic acids is 2. The van der Waals surface area contributed by atoms with Gasteiger partial charge in [-0.3, -0.25) is 9.59 Å². The summed E-state index contributed by atoms with van der Waals surface area (Å²) in [6, 6.07) is 7.61. The van der Waals surface area contributed by atoms with Crippen molar-refractivity contribution < 1.29 is 19.1 Å². The molecule has 2 atom stereocenters. The van der Waals surface area contributed by atoms with Gasteiger partial charge in [0.15, 0.2) is 6.61 Å². The number of nitrogens with zero attached hydrogens (tertiary/aromatic N) is 2. The molecule has 0 aliphatic carbocycles. The highest BCUT2D eigenvalue weighted by atomic mass is 35.5. The van der Waals surface area contributed by atoms with Crippen LogP contribution >= 0.6 is 12.4 Å². The first-order valence-corrected chi connectivity index (χ1v) is 9.18. The Hall–Kier alpha value is -1.83. The maximum absolute atomic E-state index is 12.5. The highest BCUT2D eigenvalue weighted by molar-refractivity contribution is 5.85. The molecule has 8 heteroatoms. The summed E-state index contributed by atoms with van der Waals surface area (Å²) in [7, 11) is 0. The van der Waals surface area contributed by atoms with Gasteiger partial charge in [0.05, 0.1) is 6.10 Å². The van der Waals surface area contributed by atoms with Crippen molar-refractivity contribution >= 4 is 24.2 Å². The molecule has 2 heterocycles. The zero-order valence-electron chi connectivity index (χ0n) is 15.6. The van der Waals surface area contributed by atoms with E-state index in [1.807, 2.05) is 31.2 Å². The van der Waals surface area contributed by atoms with E-state index in [2.05, 4.69) is 0 Å². The molecule has 0 spiro atoms. The third-order valence-electron chi connectivity index (χ3n) is 4.97. The highest BCUT2D eigenvalue weighted by Gasteiger charge is 2.34. The average Bonchev–Trinajstić information content (AvgIpc) is 3.16. The SMILES string of the molecule is Cc1ccc(OCC(=O)N2CCN(C(=O)[C@@H]3CC[C@H](CN)O3)CC2)cc1.Cl. The summed E-state index contributed by atoms with van der Waals surface area (Å²) in [5, 5.41) is 0. The number of carbonyl (C=O) groups is 2. The van der Waals surface area contributed by atoms with Gasteiger partial charge >= 0.3 is 0 Å². The van der Waals surface area contributed by atoms with Crippen LogP contribution in [-0.4, -0.2) is 73.2 Å². The summed E-state index contributed by atoms with van der Waals surface area (Å²) in [5.74, 6) is 0.646. The summed E-state index contributed by atoms with van der Waals surface area (Å²) in [4.78, 5) is 28.4. The summed E-state index contributed by atoms with van der Waals surface area (Å²) in [6.07, 6.45) is 1.17. The van der Waals surface area contributed by atoms with Crippen LogP contribution in [0.5, 0.6) is 5.75 Å². The van der Waals surface area contributed by atoms with Gasteiger partial charge < -0.3 is 25.0 Å². The van der Waals surface area contributed by atoms with Gasteiger partial charge in [-0.1, -0.05) is 17.7 Å². The Morgan fingerprint density at radius 3 is 2.33 bits per heavy atom. The van der Waals surface area contributed by atoms with Crippen LogP contribution in [0.15, 0.2) is 24.3 Å². The summed E-state index contributed by atoms with van der Waals surface area (Å²) in [5.41, 5.74) is 6.74. The van der Waals surface area contributed by atoms with E-state index in [4.69, 9.17) is 15.2 Å². The molecule has 27 heavy (non-hydrogen) atoms. The normalized spacial score (nSPS) is 22.3. The Kier molecular flexibility index (Phi) is 7.89. The van der Waals surface area contributed by atoms with Crippen LogP contribution in [-0.2, 0) is 14.3 Å². The van der Waals surface area contributed by atoms with Crippen molar-refractivity contribution in [2.24, 2.45) is 5.73 Å². The maximum Gasteiger partial charge on any atom is 0.260 e. The number of aryl methyl sites for hydroxylation is 1. The van der Waals surface area contributed by atoms with Crippen LogP contribution in [0.4, 0.5) is 0 Å². The van der Waals surface area contributed by atoms with Crippen molar-refractivity contribution in [1.82, 2.24) is 9.80 Å². The Balaban J connectivity index is 0.00000261. The lowest BCUT2D eigenvalue weighted by molar-refractivity contribution is -0.147. The van der Waals surface area contributed by atoms with E-state index in [1.54, 1.807) is 9.80 Å². The van der Waals surface area contributed by atoms with Gasteiger partial charge in [-0.05, 0) is 31.9 Å². The van der Waals surface area contributed by atoms with Crippen molar-refractivity contribution in [2.75, 3.05) is 39.3 Å². The Morgan fingerprint density at radius 1 is 1.11 bits per heavy atom. The molecule has 2 amide bonds. The maximum atomic E-state index is 12.5. The van der Waals surface area contributed by atoms with Gasteiger partial charge in [-0.15, -0.1) is 12.4 Å². The van der Waals surface area contributed by atoms with Crippen LogP contribution < -0.4 is 10.5 Å². The number of piperazine rings is 1. The predicted octanol–water partition coefficient (Wildman–Crippen LogP) is 0.973. The molecular weight excluding hydrogens is 370 g/mol. The molecule has 7 nitrogen and oxygen atoms in total. The van der Waals surface area contributed by atoms with Gasteiger partial charge in [0.2, 0.25) is 0 Å². The molecule has 150 valence electrons. The van der Waals surface area contributed by atoms with Crippen molar-refractivity contribution in [1.29, 1.82) is 0 Å². The summed E-state index contributed by atoms with van der Waals surface area (Å²) < 4.78 is 11.2. The predicted molar refractivity (Wildman–Crippen MR) is 104 cm³/mol. The molecular formula is C19H28ClN3O4. The van der Waals surface area contributed by atoms with E-state index in [1.165, 1.54) is 0 Å². The molecule has 1 aromatic rings. The molecule has 1 aromatic carbocycles. The number of hydrogen-bond acceptors (Lipinski definition) is 5. The van der Waals surface area contributed by atoms with Crippen LogP contribution in [0.3, 0.4) is 0 Å². The number of ether oxygens (including phenoxy) is 2. The second-order valence-corrected chi connectivity index (χ2v) is 6.87. The first-order valence-electron chi connectivity index (χ1n) is 9.18. The topological polar surface area (TPSA) is 85.1 Å². The van der Waals surface area contributed by atoms with Crippen molar-refractivity contribution in [3.8, 4) is 5.75 Å². The molecule has 0 bridgehead atoms. The van der Waals surface area contributed by atoms with Crippen LogP contribution in [0.1, 0.15) is 18.4 Å². The lowest BCUT2D eigenvalue weighted by atomic mass is 10.1. The van der Waals surface area contributed by atoms with Crippen LogP contribution in [0.25, 0.3) is 0 Å². The van der Waals surface area contributed by atoms with Gasteiger partial charge in [-0.25, -0.2) is 0 Å². The molecule has 2 saturated heterocycles. The first-order chi connectivity index (χ1) is 12.6. The monoisotopic (exact) mass is 397 g/mol. The zero-order valence-corrected chi connectivity index (χ0v) is 16.5. The zero-order chi connectivity index (χ0) is 18.5. The minimum Gasteiger partial charge on any atom is -0.484 e. The number of rotatable bonds is 5. The molecule has 2 aliphatic heterocycles. The Morgan fingerprint density at radius 2 is 1.74 bits per heavy atom. The third kappa shape index (κ3) is 5.57. The summed E-state index contributed by atoms with van der Waals surface area (Å²) in [6.45, 7) is 4.57. The van der Waals surface area contributed by atoms with Gasteiger partial charge in [0.25, 0.3) is 11.8 Å². The number of amides is 2. The lowest BCUT2D eigenvalue weighted by Gasteiger charge is -2.35. The van der Waals surface area contributed by atoms with Crippen molar-refractivity contribution in [2.45, 2.75) is 32.0 Å². The lowest BCUT2D eigenvalue weighted by Crippen LogP contribution is -2.53.